The van der Waals surface area contributed by atoms with E-state index in [0.717, 1.165) is 31.6 Å². The van der Waals surface area contributed by atoms with E-state index in [1.54, 1.807) is 29.9 Å². The minimum atomic E-state index is -0.318. The summed E-state index contributed by atoms with van der Waals surface area (Å²) in [6.07, 6.45) is 5.47. The molecule has 9 nitrogen and oxygen atoms in total. The van der Waals surface area contributed by atoms with Crippen molar-refractivity contribution in [3.63, 3.8) is 0 Å². The third-order valence-corrected chi connectivity index (χ3v) is 5.66. The molecule has 10 heteroatoms. The predicted octanol–water partition coefficient (Wildman–Crippen LogP) is 2.62. The van der Waals surface area contributed by atoms with Gasteiger partial charge in [0.2, 0.25) is 0 Å². The van der Waals surface area contributed by atoms with Crippen LogP contribution < -0.4 is 15.9 Å². The van der Waals surface area contributed by atoms with Gasteiger partial charge in [-0.1, -0.05) is 0 Å². The number of nitrogens with one attached hydrogen (secondary N) is 3. The number of carbonyl (C=O) groups excluding carboxylic acids is 1. The molecule has 0 atom stereocenters. The molecule has 4 aromatic rings. The van der Waals surface area contributed by atoms with Gasteiger partial charge in [-0.3, -0.25) is 4.79 Å². The number of aromatic nitrogens is 5. The number of nitrogens with zero attached hydrogens (tertiary/aromatic N) is 4. The summed E-state index contributed by atoms with van der Waals surface area (Å²) in [7, 11) is 0. The van der Waals surface area contributed by atoms with Crippen LogP contribution in [0, 0.1) is 0 Å². The van der Waals surface area contributed by atoms with Gasteiger partial charge >= 0.3 is 5.69 Å². The molecule has 4 heterocycles. The highest BCUT2D eigenvalue weighted by molar-refractivity contribution is 7.13. The number of aromatic amines is 2. The van der Waals surface area contributed by atoms with Crippen molar-refractivity contribution in [2.45, 2.75) is 12.8 Å². The van der Waals surface area contributed by atoms with Crippen molar-refractivity contribution in [3.05, 3.63) is 52.2 Å². The number of H-pyrrole nitrogens is 2. The van der Waals surface area contributed by atoms with E-state index in [4.69, 9.17) is 0 Å². The van der Waals surface area contributed by atoms with E-state index < -0.39 is 0 Å². The van der Waals surface area contributed by atoms with E-state index in [-0.39, 0.29) is 11.6 Å². The molecule has 0 spiro atoms. The molecule has 0 saturated carbocycles. The second kappa shape index (κ2) is 7.13. The normalized spacial score (nSPS) is 13.9. The molecule has 1 aromatic carbocycles. The van der Waals surface area contributed by atoms with E-state index in [9.17, 15) is 9.59 Å². The van der Waals surface area contributed by atoms with E-state index in [0.29, 0.717) is 33.2 Å². The van der Waals surface area contributed by atoms with E-state index in [1.165, 1.54) is 11.3 Å². The number of imidazole rings is 1. The quantitative estimate of drug-likeness (QED) is 0.478. The van der Waals surface area contributed by atoms with E-state index in [1.807, 2.05) is 6.07 Å². The lowest BCUT2D eigenvalue weighted by atomic mass is 10.2. The summed E-state index contributed by atoms with van der Waals surface area (Å²) >= 11 is 1.32. The van der Waals surface area contributed by atoms with Gasteiger partial charge in [-0.25, -0.2) is 19.7 Å². The molecular formula is C19H17N7O2S. The molecule has 0 bridgehead atoms. The maximum atomic E-state index is 12.9. The number of hydrogen-bond donors (Lipinski definition) is 3. The number of carbonyl (C=O) groups is 1. The smallest absolute Gasteiger partial charge is 0.323 e. The minimum Gasteiger partial charge on any atom is -0.370 e. The second-order valence-electron chi connectivity index (χ2n) is 6.75. The van der Waals surface area contributed by atoms with Crippen molar-refractivity contribution in [2.24, 2.45) is 0 Å². The highest BCUT2D eigenvalue weighted by Gasteiger charge is 2.20. The number of hydrogen-bond acceptors (Lipinski definition) is 7. The van der Waals surface area contributed by atoms with Gasteiger partial charge in [0.05, 0.1) is 22.4 Å². The Hall–Kier alpha value is -3.53. The summed E-state index contributed by atoms with van der Waals surface area (Å²) in [5, 5.41) is 5.23. The summed E-state index contributed by atoms with van der Waals surface area (Å²) in [6, 6.07) is 5.41. The van der Waals surface area contributed by atoms with Crippen LogP contribution in [-0.4, -0.2) is 43.9 Å². The topological polar surface area (TPSA) is 120 Å². The van der Waals surface area contributed by atoms with Gasteiger partial charge in [-0.2, -0.15) is 0 Å². The SMILES string of the molecule is O=C(Nc1cc2[nH]c(=O)[nH]c2cc1N1CCCC1)c1csc(-c2ncccn2)n1. The first-order valence-corrected chi connectivity index (χ1v) is 10.1. The van der Waals surface area contributed by atoms with Crippen LogP contribution in [0.5, 0.6) is 0 Å². The Morgan fingerprint density at radius 2 is 1.83 bits per heavy atom. The largest absolute Gasteiger partial charge is 0.370 e. The van der Waals surface area contributed by atoms with Crippen LogP contribution in [0.4, 0.5) is 11.4 Å². The highest BCUT2D eigenvalue weighted by Crippen LogP contribution is 2.32. The van der Waals surface area contributed by atoms with Gasteiger partial charge in [0.25, 0.3) is 5.91 Å². The molecule has 29 heavy (non-hydrogen) atoms. The lowest BCUT2D eigenvalue weighted by molar-refractivity contribution is 0.102. The van der Waals surface area contributed by atoms with Gasteiger partial charge in [-0.15, -0.1) is 11.3 Å². The van der Waals surface area contributed by atoms with Gasteiger partial charge in [0.1, 0.15) is 5.69 Å². The zero-order valence-corrected chi connectivity index (χ0v) is 16.1. The van der Waals surface area contributed by atoms with Crippen molar-refractivity contribution in [1.29, 1.82) is 0 Å². The van der Waals surface area contributed by atoms with Crippen LogP contribution in [0.25, 0.3) is 21.9 Å². The molecule has 0 radical (unpaired) electrons. The molecule has 3 N–H and O–H groups in total. The summed E-state index contributed by atoms with van der Waals surface area (Å²) in [4.78, 5) is 45.0. The number of benzene rings is 1. The number of fused-ring (bicyclic) bond motifs is 1. The molecular weight excluding hydrogens is 390 g/mol. The third kappa shape index (κ3) is 3.38. The van der Waals surface area contributed by atoms with Gasteiger partial charge in [0.15, 0.2) is 10.8 Å². The van der Waals surface area contributed by atoms with E-state index in [2.05, 4.69) is 35.1 Å². The average molecular weight is 407 g/mol. The van der Waals surface area contributed by atoms with Crippen LogP contribution >= 0.6 is 11.3 Å². The second-order valence-corrected chi connectivity index (χ2v) is 7.61. The Labute approximate surface area is 168 Å². The first-order valence-electron chi connectivity index (χ1n) is 9.23. The lowest BCUT2D eigenvalue weighted by Crippen LogP contribution is -2.21. The van der Waals surface area contributed by atoms with E-state index >= 15 is 0 Å². The fourth-order valence-electron chi connectivity index (χ4n) is 3.47. The van der Waals surface area contributed by atoms with Crippen molar-refractivity contribution in [3.8, 4) is 10.8 Å². The Balaban J connectivity index is 1.47. The molecule has 1 fully saturated rings. The van der Waals surface area contributed by atoms with Crippen LogP contribution in [0.2, 0.25) is 0 Å². The van der Waals surface area contributed by atoms with Crippen LogP contribution in [0.15, 0.2) is 40.8 Å². The maximum absolute atomic E-state index is 12.9. The van der Waals surface area contributed by atoms with Crippen LogP contribution in [0.1, 0.15) is 23.3 Å². The average Bonchev–Trinajstić information content (AvgIpc) is 3.48. The fraction of sp³-hybridized carbons (Fsp3) is 0.211. The van der Waals surface area contributed by atoms with Gasteiger partial charge < -0.3 is 20.2 Å². The molecule has 146 valence electrons. The van der Waals surface area contributed by atoms with Crippen molar-refractivity contribution >= 4 is 39.7 Å². The van der Waals surface area contributed by atoms with Crippen molar-refractivity contribution in [2.75, 3.05) is 23.3 Å². The minimum absolute atomic E-state index is 0.275. The fourth-order valence-corrected chi connectivity index (χ4v) is 4.21. The Kier molecular flexibility index (Phi) is 4.32. The molecule has 5 rings (SSSR count). The molecule has 0 aliphatic carbocycles. The zero-order chi connectivity index (χ0) is 19.8. The molecule has 1 saturated heterocycles. The summed E-state index contributed by atoms with van der Waals surface area (Å²) < 4.78 is 0. The zero-order valence-electron chi connectivity index (χ0n) is 15.3. The Bertz CT molecular complexity index is 1240. The standard InChI is InChI=1S/C19H17N7O2S/c27-17(14-10-29-18(23-14)16-20-4-3-5-21-16)22-13-8-11-12(25-19(28)24-11)9-15(13)26-6-1-2-7-26/h3-5,8-10H,1-2,6-7H2,(H,22,27)(H2,24,25,28). The Morgan fingerprint density at radius 1 is 1.10 bits per heavy atom. The molecule has 0 unspecified atom stereocenters. The number of anilines is 2. The van der Waals surface area contributed by atoms with Crippen LogP contribution in [-0.2, 0) is 0 Å². The first kappa shape index (κ1) is 17.6. The first-order chi connectivity index (χ1) is 14.2. The summed E-state index contributed by atoms with van der Waals surface area (Å²) in [5.74, 6) is 0.168. The number of amides is 1. The van der Waals surface area contributed by atoms with Gasteiger partial charge in [0, 0.05) is 30.9 Å². The van der Waals surface area contributed by atoms with Crippen molar-refractivity contribution < 1.29 is 4.79 Å². The molecule has 3 aromatic heterocycles. The number of thiazole rings is 1. The molecule has 1 aliphatic rings. The van der Waals surface area contributed by atoms with Crippen molar-refractivity contribution in [1.82, 2.24) is 24.9 Å². The lowest BCUT2D eigenvalue weighted by Gasteiger charge is -2.21. The van der Waals surface area contributed by atoms with Gasteiger partial charge in [-0.05, 0) is 31.0 Å². The number of rotatable bonds is 4. The third-order valence-electron chi connectivity index (χ3n) is 4.82. The maximum Gasteiger partial charge on any atom is 0.323 e. The van der Waals surface area contributed by atoms with Crippen LogP contribution in [0.3, 0.4) is 0 Å². The summed E-state index contributed by atoms with van der Waals surface area (Å²) in [5.41, 5.74) is 2.91. The summed E-state index contributed by atoms with van der Waals surface area (Å²) in [6.45, 7) is 1.82. The molecule has 1 amide bonds. The predicted molar refractivity (Wildman–Crippen MR) is 111 cm³/mol. The highest BCUT2D eigenvalue weighted by atomic mass is 32.1. The molecule has 1 aliphatic heterocycles. The Morgan fingerprint density at radius 3 is 2.59 bits per heavy atom. The monoisotopic (exact) mass is 407 g/mol.